The van der Waals surface area contributed by atoms with Crippen molar-refractivity contribution in [3.8, 4) is 0 Å². The maximum absolute atomic E-state index is 13.0. The predicted octanol–water partition coefficient (Wildman–Crippen LogP) is 0.613. The van der Waals surface area contributed by atoms with Gasteiger partial charge in [0, 0.05) is 36.9 Å². The van der Waals surface area contributed by atoms with Crippen LogP contribution < -0.4 is 5.56 Å². The number of fused-ring (bicyclic) bond motifs is 2. The van der Waals surface area contributed by atoms with Crippen molar-refractivity contribution in [2.75, 3.05) is 33.3 Å². The number of nitrogens with zero attached hydrogens (tertiary/aromatic N) is 4. The van der Waals surface area contributed by atoms with Gasteiger partial charge in [0.15, 0.2) is 0 Å². The number of likely N-dealkylation sites (tertiary alicyclic amines) is 2. The summed E-state index contributed by atoms with van der Waals surface area (Å²) in [5.74, 6) is -0.272. The molecule has 0 aliphatic carbocycles. The molecule has 0 saturated carbocycles. The molecule has 2 aromatic heterocycles. The highest BCUT2D eigenvalue weighted by atomic mass is 16.3. The van der Waals surface area contributed by atoms with E-state index in [9.17, 15) is 14.7 Å². The molecule has 2 fully saturated rings. The first-order chi connectivity index (χ1) is 12.6. The molecule has 26 heavy (non-hydrogen) atoms. The Morgan fingerprint density at radius 2 is 2.19 bits per heavy atom. The smallest absolute Gasteiger partial charge is 0.270 e. The van der Waals surface area contributed by atoms with E-state index in [-0.39, 0.29) is 35.1 Å². The summed E-state index contributed by atoms with van der Waals surface area (Å²) in [5, 5.41) is 10.0. The quantitative estimate of drug-likeness (QED) is 0.853. The lowest BCUT2D eigenvalue weighted by molar-refractivity contribution is -0.0601. The lowest BCUT2D eigenvalue weighted by Crippen LogP contribution is -2.62. The number of piperidine rings is 2. The molecule has 1 amide bonds. The lowest BCUT2D eigenvalue weighted by Gasteiger charge is -2.53. The van der Waals surface area contributed by atoms with Crippen LogP contribution in [0.25, 0.3) is 5.65 Å². The fraction of sp³-hybridized carbons (Fsp3) is 0.526. The number of aliphatic hydroxyl groups is 1. The number of aromatic nitrogens is 2. The van der Waals surface area contributed by atoms with Crippen LogP contribution >= 0.6 is 0 Å². The monoisotopic (exact) mass is 356 g/mol. The predicted molar refractivity (Wildman–Crippen MR) is 97.2 cm³/mol. The molecule has 4 rings (SSSR count). The fourth-order valence-corrected chi connectivity index (χ4v) is 4.54. The second-order valence-electron chi connectivity index (χ2n) is 7.53. The highest BCUT2D eigenvalue weighted by molar-refractivity contribution is 5.93. The Kier molecular flexibility index (Phi) is 4.28. The van der Waals surface area contributed by atoms with Gasteiger partial charge in [-0.1, -0.05) is 6.07 Å². The zero-order chi connectivity index (χ0) is 18.3. The maximum Gasteiger partial charge on any atom is 0.270 e. The van der Waals surface area contributed by atoms with E-state index in [0.29, 0.717) is 18.7 Å². The number of carbonyl (C=O) groups excluding carboxylic acids is 1. The van der Waals surface area contributed by atoms with Gasteiger partial charge in [-0.15, -0.1) is 0 Å². The Labute approximate surface area is 151 Å². The number of likely N-dealkylation sites (N-methyl/N-ethyl adjacent to an activating group) is 1. The third-order valence-electron chi connectivity index (χ3n) is 6.14. The summed E-state index contributed by atoms with van der Waals surface area (Å²) in [7, 11) is 2.05. The molecule has 7 nitrogen and oxygen atoms in total. The minimum Gasteiger partial charge on any atom is -0.396 e. The molecule has 4 heterocycles. The first-order valence-electron chi connectivity index (χ1n) is 9.12. The third-order valence-corrected chi connectivity index (χ3v) is 6.14. The molecule has 2 atom stereocenters. The van der Waals surface area contributed by atoms with E-state index in [0.717, 1.165) is 25.8 Å². The summed E-state index contributed by atoms with van der Waals surface area (Å²) >= 11 is 0. The normalized spacial score (nSPS) is 26.7. The van der Waals surface area contributed by atoms with Crippen LogP contribution in [0.2, 0.25) is 0 Å². The first-order valence-corrected chi connectivity index (χ1v) is 9.12. The highest BCUT2D eigenvalue weighted by Gasteiger charge is 2.47. The van der Waals surface area contributed by atoms with Crippen molar-refractivity contribution in [3.05, 3.63) is 46.5 Å². The Morgan fingerprint density at radius 1 is 1.35 bits per heavy atom. The number of hydrogen-bond acceptors (Lipinski definition) is 5. The topological polar surface area (TPSA) is 78.2 Å². The van der Waals surface area contributed by atoms with Crippen LogP contribution in [0.3, 0.4) is 0 Å². The van der Waals surface area contributed by atoms with Gasteiger partial charge in [-0.2, -0.15) is 0 Å². The molecule has 0 unspecified atom stereocenters. The molecule has 0 aromatic carbocycles. The van der Waals surface area contributed by atoms with Crippen LogP contribution in [0.4, 0.5) is 0 Å². The number of carbonyl (C=O) groups is 1. The second kappa shape index (κ2) is 6.48. The van der Waals surface area contributed by atoms with Gasteiger partial charge in [0.25, 0.3) is 11.5 Å². The highest BCUT2D eigenvalue weighted by Crippen LogP contribution is 2.41. The minimum atomic E-state index is -0.336. The van der Waals surface area contributed by atoms with E-state index in [2.05, 4.69) is 16.9 Å². The third kappa shape index (κ3) is 2.62. The van der Waals surface area contributed by atoms with E-state index in [1.807, 2.05) is 0 Å². The number of hydrogen-bond donors (Lipinski definition) is 1. The van der Waals surface area contributed by atoms with E-state index in [1.165, 1.54) is 10.6 Å². The van der Waals surface area contributed by atoms with Crippen LogP contribution in [-0.2, 0) is 0 Å². The van der Waals surface area contributed by atoms with Crippen LogP contribution in [0.1, 0.15) is 29.6 Å². The Hall–Kier alpha value is -2.25. The molecule has 138 valence electrons. The molecule has 1 N–H and O–H groups in total. The molecule has 2 aromatic rings. The van der Waals surface area contributed by atoms with E-state index in [4.69, 9.17) is 0 Å². The standard InChI is InChI=1S/C19H24N4O3/c1-21-8-4-6-19(13-24)7-10-22(12-15(19)21)17(25)14-11-20-16-5-2-3-9-23(16)18(14)26/h2-3,5,9,11,15,24H,4,6-8,10,12-13H2,1H3/t15-,19-/m1/s1. The fourth-order valence-electron chi connectivity index (χ4n) is 4.54. The molecule has 2 aliphatic rings. The van der Waals surface area contributed by atoms with Crippen molar-refractivity contribution in [1.29, 1.82) is 0 Å². The zero-order valence-corrected chi connectivity index (χ0v) is 15.0. The molecule has 2 saturated heterocycles. The number of aliphatic hydroxyl groups excluding tert-OH is 1. The molecule has 0 bridgehead atoms. The SMILES string of the molecule is CN1CCC[C@]2(CO)CCN(C(=O)c3cnc4ccccn4c3=O)C[C@@H]12. The summed E-state index contributed by atoms with van der Waals surface area (Å²) in [6.45, 7) is 2.20. The summed E-state index contributed by atoms with van der Waals surface area (Å²) in [4.78, 5) is 34.0. The average molecular weight is 356 g/mol. The van der Waals surface area contributed by atoms with Crippen molar-refractivity contribution in [2.45, 2.75) is 25.3 Å². The Morgan fingerprint density at radius 3 is 3.00 bits per heavy atom. The van der Waals surface area contributed by atoms with Gasteiger partial charge in [0.05, 0.1) is 6.61 Å². The van der Waals surface area contributed by atoms with Crippen LogP contribution in [-0.4, -0.2) is 69.5 Å². The molecule has 0 spiro atoms. The Bertz CT molecular complexity index is 896. The van der Waals surface area contributed by atoms with Crippen molar-refractivity contribution < 1.29 is 9.90 Å². The van der Waals surface area contributed by atoms with E-state index in [1.54, 1.807) is 29.3 Å². The summed E-state index contributed by atoms with van der Waals surface area (Å²) in [5.41, 5.74) is 0.153. The van der Waals surface area contributed by atoms with Gasteiger partial charge >= 0.3 is 0 Å². The molecule has 2 aliphatic heterocycles. The zero-order valence-electron chi connectivity index (χ0n) is 15.0. The molecule has 7 heteroatoms. The average Bonchev–Trinajstić information content (AvgIpc) is 2.68. The number of amides is 1. The van der Waals surface area contributed by atoms with Gasteiger partial charge in [-0.3, -0.25) is 14.0 Å². The molecule has 0 radical (unpaired) electrons. The molecular formula is C19H24N4O3. The van der Waals surface area contributed by atoms with Crippen LogP contribution in [0, 0.1) is 5.41 Å². The molecular weight excluding hydrogens is 332 g/mol. The lowest BCUT2D eigenvalue weighted by atomic mass is 9.69. The van der Waals surface area contributed by atoms with Crippen LogP contribution in [0.5, 0.6) is 0 Å². The second-order valence-corrected chi connectivity index (χ2v) is 7.53. The van der Waals surface area contributed by atoms with E-state index >= 15 is 0 Å². The number of pyridine rings is 1. The summed E-state index contributed by atoms with van der Waals surface area (Å²) < 4.78 is 1.40. The van der Waals surface area contributed by atoms with Crippen molar-refractivity contribution in [1.82, 2.24) is 19.2 Å². The number of rotatable bonds is 2. The van der Waals surface area contributed by atoms with Crippen molar-refractivity contribution >= 4 is 11.6 Å². The summed E-state index contributed by atoms with van der Waals surface area (Å²) in [6.07, 6.45) is 5.83. The van der Waals surface area contributed by atoms with Gasteiger partial charge in [-0.25, -0.2) is 4.98 Å². The van der Waals surface area contributed by atoms with Gasteiger partial charge in [0.2, 0.25) is 0 Å². The summed E-state index contributed by atoms with van der Waals surface area (Å²) in [6, 6.07) is 5.41. The van der Waals surface area contributed by atoms with Gasteiger partial charge in [0.1, 0.15) is 11.2 Å². The van der Waals surface area contributed by atoms with Crippen LogP contribution in [0.15, 0.2) is 35.4 Å². The van der Waals surface area contributed by atoms with E-state index < -0.39 is 0 Å². The van der Waals surface area contributed by atoms with Crippen molar-refractivity contribution in [2.24, 2.45) is 5.41 Å². The van der Waals surface area contributed by atoms with Crippen molar-refractivity contribution in [3.63, 3.8) is 0 Å². The van der Waals surface area contributed by atoms with Gasteiger partial charge < -0.3 is 14.9 Å². The largest absolute Gasteiger partial charge is 0.396 e. The van der Waals surface area contributed by atoms with Gasteiger partial charge in [-0.05, 0) is 45.0 Å². The first kappa shape index (κ1) is 17.2. The maximum atomic E-state index is 13.0. The Balaban J connectivity index is 1.64. The minimum absolute atomic E-state index is 0.101.